The van der Waals surface area contributed by atoms with Crippen LogP contribution in [0.1, 0.15) is 18.5 Å². The molecule has 0 aliphatic rings. The number of rotatable bonds is 2. The van der Waals surface area contributed by atoms with Crippen molar-refractivity contribution in [2.24, 2.45) is 5.73 Å². The van der Waals surface area contributed by atoms with E-state index < -0.39 is 0 Å². The van der Waals surface area contributed by atoms with Crippen LogP contribution in [0.15, 0.2) is 24.3 Å². The van der Waals surface area contributed by atoms with Crippen molar-refractivity contribution in [3.8, 4) is 0 Å². The third kappa shape index (κ3) is 10.5. The van der Waals surface area contributed by atoms with Gasteiger partial charge in [0.25, 0.3) is 0 Å². The van der Waals surface area contributed by atoms with E-state index in [1.165, 1.54) is 9.14 Å². The van der Waals surface area contributed by atoms with Crippen LogP contribution >= 0.6 is 24.4 Å². The third-order valence-corrected chi connectivity index (χ3v) is 4.56. The normalized spacial score (nSPS) is 9.35. The Labute approximate surface area is 122 Å². The summed E-state index contributed by atoms with van der Waals surface area (Å²) in [5.41, 5.74) is 7.17. The minimum absolute atomic E-state index is 0.201. The second-order valence-electron chi connectivity index (χ2n) is 2.79. The molecule has 0 spiro atoms. The molecule has 2 N–H and O–H groups in total. The van der Waals surface area contributed by atoms with E-state index in [0.29, 0.717) is 0 Å². The summed E-state index contributed by atoms with van der Waals surface area (Å²) >= 11 is 6.86. The summed E-state index contributed by atoms with van der Waals surface area (Å²) in [5.74, 6) is 0. The van der Waals surface area contributed by atoms with Crippen molar-refractivity contribution < 1.29 is 9.59 Å². The molecule has 0 saturated carbocycles. The zero-order valence-corrected chi connectivity index (χ0v) is 14.1. The molecule has 0 saturated heterocycles. The Morgan fingerprint density at radius 1 is 1.24 bits per heavy atom. The van der Waals surface area contributed by atoms with Gasteiger partial charge in [0.1, 0.15) is 0 Å². The van der Waals surface area contributed by atoms with Crippen LogP contribution < -0.4 is 9.31 Å². The average Bonchev–Trinajstić information content (AvgIpc) is 2.31. The van der Waals surface area contributed by atoms with Gasteiger partial charge in [0, 0.05) is 24.4 Å². The summed E-state index contributed by atoms with van der Waals surface area (Å²) in [4.78, 5) is 19.3. The molecule has 1 atom stereocenters. The molecule has 2 radical (unpaired) electrons. The van der Waals surface area contributed by atoms with Crippen molar-refractivity contribution in [2.75, 3.05) is 0 Å². The molecule has 1 unspecified atom stereocenters. The van der Waals surface area contributed by atoms with Crippen LogP contribution in [-0.4, -0.2) is 31.6 Å². The number of thiocarbonyl (C=S) groups is 2. The van der Waals surface area contributed by atoms with Gasteiger partial charge in [-0.15, -0.1) is 0 Å². The molecule has 0 aliphatic carbocycles. The molecule has 90 valence electrons. The van der Waals surface area contributed by atoms with Crippen LogP contribution in [0.25, 0.3) is 0 Å². The van der Waals surface area contributed by atoms with Gasteiger partial charge < -0.3 is 0 Å². The fraction of sp³-hybridized carbons (Fsp3) is 0.273. The van der Waals surface area contributed by atoms with E-state index in [1.807, 2.05) is 6.92 Å². The molecule has 0 bridgehead atoms. The van der Waals surface area contributed by atoms with Crippen LogP contribution in [0, 0.1) is 0 Å². The van der Waals surface area contributed by atoms with E-state index in [2.05, 4.69) is 53.6 Å². The average molecular weight is 374 g/mol. The van der Waals surface area contributed by atoms with Crippen molar-refractivity contribution in [2.45, 2.75) is 17.9 Å². The van der Waals surface area contributed by atoms with Crippen LogP contribution in [0.3, 0.4) is 0 Å². The standard InChI is InChI=1S/C8H10N.2COS.CH3.Sn/c1-7(9)8-5-3-2-4-6-8;2*2-1-3;;/h2-5,7H,9H2,1H3;;;1H3;. The molecule has 0 aliphatic heterocycles. The molecule has 1 aromatic carbocycles. The first-order valence-electron chi connectivity index (χ1n) is 4.59. The summed E-state index contributed by atoms with van der Waals surface area (Å²) in [6.07, 6.45) is 0. The van der Waals surface area contributed by atoms with Gasteiger partial charge >= 0.3 is 78.2 Å². The molecule has 1 rings (SSSR count). The summed E-state index contributed by atoms with van der Waals surface area (Å²) < 4.78 is 1.53. The number of carbonyl (C=O) groups excluding carboxylic acids is 2. The topological polar surface area (TPSA) is 60.2 Å². The maximum absolute atomic E-state index is 8.50. The number of nitrogens with two attached hydrogens (primary N) is 1. The molecular weight excluding hydrogens is 361 g/mol. The fourth-order valence-electron chi connectivity index (χ4n) is 1.12. The van der Waals surface area contributed by atoms with Gasteiger partial charge in [0.15, 0.2) is 0 Å². The predicted octanol–water partition coefficient (Wildman–Crippen LogP) is 1.59. The summed E-state index contributed by atoms with van der Waals surface area (Å²) in [6.45, 7) is 2.05. The quantitative estimate of drug-likeness (QED) is 0.630. The van der Waals surface area contributed by atoms with Crippen LogP contribution in [-0.2, 0) is 9.59 Å². The van der Waals surface area contributed by atoms with Crippen molar-refractivity contribution in [1.29, 1.82) is 0 Å². The summed E-state index contributed by atoms with van der Waals surface area (Å²) in [6, 6.07) is 8.73. The van der Waals surface area contributed by atoms with Crippen LogP contribution in [0.4, 0.5) is 0 Å². The molecule has 0 fully saturated rings. The zero-order chi connectivity index (χ0) is 13.7. The van der Waals surface area contributed by atoms with Crippen LogP contribution in [0.2, 0.25) is 4.94 Å². The second-order valence-corrected chi connectivity index (χ2v) is 6.09. The van der Waals surface area contributed by atoms with E-state index >= 15 is 0 Å². The molecule has 0 aromatic heterocycles. The molecule has 0 amide bonds. The Morgan fingerprint density at radius 3 is 1.94 bits per heavy atom. The van der Waals surface area contributed by atoms with Gasteiger partial charge in [0.2, 0.25) is 10.5 Å². The first kappa shape index (κ1) is 18.9. The Bertz CT molecular complexity index is 373. The predicted molar refractivity (Wildman–Crippen MR) is 76.9 cm³/mol. The third-order valence-electron chi connectivity index (χ3n) is 1.72. The molecule has 6 heteroatoms. The van der Waals surface area contributed by atoms with Gasteiger partial charge in [-0.25, -0.2) is 9.59 Å². The van der Waals surface area contributed by atoms with Gasteiger partial charge in [-0.3, -0.25) is 0 Å². The van der Waals surface area contributed by atoms with E-state index in [4.69, 9.17) is 15.3 Å². The van der Waals surface area contributed by atoms with Gasteiger partial charge in [-0.2, -0.15) is 0 Å². The molecule has 0 heterocycles. The fourth-order valence-corrected chi connectivity index (χ4v) is 3.58. The zero-order valence-electron chi connectivity index (χ0n) is 9.60. The Hall–Kier alpha value is -0.421. The second kappa shape index (κ2) is 13.6. The van der Waals surface area contributed by atoms with Gasteiger partial charge in [-0.1, -0.05) is 0 Å². The Morgan fingerprint density at radius 2 is 1.65 bits per heavy atom. The Kier molecular flexibility index (Phi) is 15.2. The molecular formula is C11H13NO2S2Sn. The summed E-state index contributed by atoms with van der Waals surface area (Å²) in [5, 5.41) is 2.17. The van der Waals surface area contributed by atoms with E-state index in [1.54, 1.807) is 0 Å². The molecule has 1 aromatic rings. The number of hydrogen-bond acceptors (Lipinski definition) is 5. The first-order chi connectivity index (χ1) is 8.08. The van der Waals surface area contributed by atoms with Crippen molar-refractivity contribution >= 4 is 59.6 Å². The van der Waals surface area contributed by atoms with Gasteiger partial charge in [0.05, 0.1) is 0 Å². The molecule has 17 heavy (non-hydrogen) atoms. The number of hydrogen-bond donors (Lipinski definition) is 1. The first-order valence-corrected chi connectivity index (χ1v) is 9.69. The minimum atomic E-state index is -0.313. The molecule has 3 nitrogen and oxygen atoms in total. The van der Waals surface area contributed by atoms with E-state index in [-0.39, 0.29) is 27.2 Å². The van der Waals surface area contributed by atoms with Crippen molar-refractivity contribution in [3.05, 3.63) is 29.8 Å². The van der Waals surface area contributed by atoms with Crippen molar-refractivity contribution in [3.63, 3.8) is 0 Å². The summed E-state index contributed by atoms with van der Waals surface area (Å²) in [7, 11) is 0. The Balaban J connectivity index is 0. The SMILES string of the molecule is O=C=S.O=C=S.[CH3][Sn][c]1ccccc1C(C)N. The number of benzene rings is 1. The van der Waals surface area contributed by atoms with Crippen molar-refractivity contribution in [1.82, 2.24) is 0 Å². The monoisotopic (exact) mass is 375 g/mol. The van der Waals surface area contributed by atoms with Crippen LogP contribution in [0.5, 0.6) is 0 Å². The maximum atomic E-state index is 8.50. The van der Waals surface area contributed by atoms with E-state index in [0.717, 1.165) is 10.5 Å². The van der Waals surface area contributed by atoms with Gasteiger partial charge in [-0.05, 0) is 0 Å². The van der Waals surface area contributed by atoms with E-state index in [9.17, 15) is 0 Å².